The Labute approximate surface area is 114 Å². The normalized spacial score (nSPS) is 16.6. The number of hydrogen-bond donors (Lipinski definition) is 2. The van der Waals surface area contributed by atoms with Gasteiger partial charge >= 0.3 is 42.4 Å². The summed E-state index contributed by atoms with van der Waals surface area (Å²) in [7, 11) is 1.97. The van der Waals surface area contributed by atoms with Gasteiger partial charge in [0.25, 0.3) is 0 Å². The summed E-state index contributed by atoms with van der Waals surface area (Å²) >= 11 is 0. The Morgan fingerprint density at radius 1 is 1.53 bits per heavy atom. The van der Waals surface area contributed by atoms with E-state index in [4.69, 9.17) is 0 Å². The van der Waals surface area contributed by atoms with Gasteiger partial charge in [0.2, 0.25) is 0 Å². The van der Waals surface area contributed by atoms with Crippen molar-refractivity contribution in [2.45, 2.75) is 26.2 Å². The summed E-state index contributed by atoms with van der Waals surface area (Å²) in [6, 6.07) is 6.05. The van der Waals surface area contributed by atoms with Gasteiger partial charge in [0.15, 0.2) is 0 Å². The van der Waals surface area contributed by atoms with Crippen molar-refractivity contribution >= 4 is 14.6 Å². The molecule has 0 aliphatic carbocycles. The van der Waals surface area contributed by atoms with Crippen LogP contribution in [-0.2, 0) is 20.8 Å². The van der Waals surface area contributed by atoms with Gasteiger partial charge in [-0.25, -0.2) is 0 Å². The second-order valence-electron chi connectivity index (χ2n) is 4.09. The van der Waals surface area contributed by atoms with Crippen LogP contribution in [0.15, 0.2) is 18.2 Å². The molecule has 1 unspecified atom stereocenters. The average Bonchev–Trinajstić information content (AvgIpc) is 2.40. The monoisotopic (exact) mass is 262 g/mol. The molecule has 19 heavy (non-hydrogen) atoms. The van der Waals surface area contributed by atoms with E-state index in [0.29, 0.717) is 18.9 Å². The van der Waals surface area contributed by atoms with E-state index in [0.717, 1.165) is 13.0 Å². The number of nitrogens with one attached hydrogen (secondary N) is 1. The van der Waals surface area contributed by atoms with E-state index in [1.165, 1.54) is 18.6 Å². The molecule has 0 saturated heterocycles. The quantitative estimate of drug-likeness (QED) is 0.369. The van der Waals surface area contributed by atoms with Gasteiger partial charge in [0.05, 0.1) is 0 Å². The minimum atomic E-state index is -0.00958. The Morgan fingerprint density at radius 2 is 2.32 bits per heavy atom. The molecule has 0 aromatic heterocycles. The Hall–Kier alpha value is -1.17. The molecular formula is C12H18B2NO4. The van der Waals surface area contributed by atoms with Crippen LogP contribution in [0.3, 0.4) is 0 Å². The zero-order chi connectivity index (χ0) is 14.1. The molecule has 2 N–H and O–H groups in total. The molecule has 0 fully saturated rings. The Morgan fingerprint density at radius 3 is 3.00 bits per heavy atom. The van der Waals surface area contributed by atoms with Gasteiger partial charge in [-0.15, -0.1) is 0 Å². The molecule has 0 bridgehead atoms. The molecule has 0 saturated carbocycles. The van der Waals surface area contributed by atoms with Crippen LogP contribution in [0.2, 0.25) is 6.82 Å². The molecule has 1 aromatic rings. The third-order valence-corrected chi connectivity index (χ3v) is 2.74. The maximum atomic E-state index is 9.46. The van der Waals surface area contributed by atoms with E-state index in [1.54, 1.807) is 12.9 Å². The Bertz CT molecular complexity index is 403. The summed E-state index contributed by atoms with van der Waals surface area (Å²) < 4.78 is 9.46. The fourth-order valence-corrected chi connectivity index (χ4v) is 1.90. The van der Waals surface area contributed by atoms with Crippen molar-refractivity contribution in [2.75, 3.05) is 13.1 Å². The van der Waals surface area contributed by atoms with E-state index in [1.807, 2.05) is 12.1 Å². The SMILES string of the molecule is CC1NCCc2cc(O)ccc21.C[B]OOCB=O. The van der Waals surface area contributed by atoms with Crippen LogP contribution < -0.4 is 5.32 Å². The number of hydrogen-bond acceptors (Lipinski definition) is 5. The summed E-state index contributed by atoms with van der Waals surface area (Å²) in [5.41, 5.74) is 2.60. The van der Waals surface area contributed by atoms with Crippen molar-refractivity contribution in [1.29, 1.82) is 0 Å². The fourth-order valence-electron chi connectivity index (χ4n) is 1.90. The minimum absolute atomic E-state index is 0.00958. The molecule has 1 aromatic carbocycles. The van der Waals surface area contributed by atoms with Crippen LogP contribution in [0.4, 0.5) is 0 Å². The van der Waals surface area contributed by atoms with Crippen molar-refractivity contribution in [3.8, 4) is 5.75 Å². The first-order chi connectivity index (χ1) is 9.19. The van der Waals surface area contributed by atoms with Gasteiger partial charge in [-0.2, -0.15) is 0 Å². The first-order valence-corrected chi connectivity index (χ1v) is 6.24. The number of phenols is 1. The second-order valence-corrected chi connectivity index (χ2v) is 4.09. The van der Waals surface area contributed by atoms with Crippen LogP contribution in [0, 0.1) is 0 Å². The molecule has 1 atom stereocenters. The molecule has 1 radical (unpaired) electrons. The van der Waals surface area contributed by atoms with Crippen LogP contribution in [0.25, 0.3) is 0 Å². The van der Waals surface area contributed by atoms with Crippen molar-refractivity contribution in [1.82, 2.24) is 5.32 Å². The summed E-state index contributed by atoms with van der Waals surface area (Å²) in [5, 5.41) is 12.6. The number of benzene rings is 1. The molecule has 1 aliphatic rings. The van der Waals surface area contributed by atoms with Crippen molar-refractivity contribution < 1.29 is 19.5 Å². The molecule has 1 aliphatic heterocycles. The van der Waals surface area contributed by atoms with Gasteiger partial charge in [-0.05, 0) is 43.1 Å². The molecule has 2 rings (SSSR count). The third-order valence-electron chi connectivity index (χ3n) is 2.74. The maximum absolute atomic E-state index is 9.46. The molecule has 5 nitrogen and oxygen atoms in total. The third kappa shape index (κ3) is 5.55. The zero-order valence-corrected chi connectivity index (χ0v) is 11.3. The Balaban J connectivity index is 0.000000224. The summed E-state index contributed by atoms with van der Waals surface area (Å²) in [4.78, 5) is 8.43. The molecule has 1 heterocycles. The predicted octanol–water partition coefficient (Wildman–Crippen LogP) is 1.21. The standard InChI is InChI=1S/C10H13NO.C2H5B2O3/c1-7-10-3-2-9(12)6-8(10)4-5-11-7;1-3-7-6-2-4-5/h2-3,6-7,11-12H,4-5H2,1H3;2H2,1H3. The van der Waals surface area contributed by atoms with E-state index in [9.17, 15) is 9.81 Å². The first-order valence-electron chi connectivity index (χ1n) is 6.24. The first kappa shape index (κ1) is 15.9. The zero-order valence-electron chi connectivity index (χ0n) is 11.3. The molecule has 0 amide bonds. The summed E-state index contributed by atoms with van der Waals surface area (Å²) in [6.45, 7) is 4.81. The van der Waals surface area contributed by atoms with Gasteiger partial charge in [-0.3, -0.25) is 0 Å². The van der Waals surface area contributed by atoms with E-state index in [2.05, 4.69) is 21.9 Å². The summed E-state index contributed by atoms with van der Waals surface area (Å²) in [6.07, 6.45) is 1.02. The van der Waals surface area contributed by atoms with Crippen molar-refractivity contribution in [2.24, 2.45) is 0 Å². The van der Waals surface area contributed by atoms with Gasteiger partial charge < -0.3 is 10.4 Å². The van der Waals surface area contributed by atoms with E-state index < -0.39 is 0 Å². The topological polar surface area (TPSA) is 67.8 Å². The number of phenolic OH excluding ortho intramolecular Hbond substituents is 1. The fraction of sp³-hybridized carbons (Fsp3) is 0.500. The Kier molecular flexibility index (Phi) is 7.40. The number of rotatable bonds is 4. The van der Waals surface area contributed by atoms with E-state index in [-0.39, 0.29) is 6.51 Å². The molecule has 101 valence electrons. The van der Waals surface area contributed by atoms with Crippen LogP contribution >= 0.6 is 0 Å². The molecule has 7 heteroatoms. The summed E-state index contributed by atoms with van der Waals surface area (Å²) in [5.74, 6) is 0.378. The number of fused-ring (bicyclic) bond motifs is 1. The van der Waals surface area contributed by atoms with Gasteiger partial charge in [0.1, 0.15) is 5.75 Å². The average molecular weight is 262 g/mol. The van der Waals surface area contributed by atoms with Crippen LogP contribution in [-0.4, -0.2) is 32.8 Å². The van der Waals surface area contributed by atoms with Gasteiger partial charge in [0, 0.05) is 6.04 Å². The van der Waals surface area contributed by atoms with Crippen molar-refractivity contribution in [3.05, 3.63) is 29.3 Å². The van der Waals surface area contributed by atoms with Crippen LogP contribution in [0.1, 0.15) is 24.1 Å². The van der Waals surface area contributed by atoms with Gasteiger partial charge in [-0.1, -0.05) is 6.07 Å². The second kappa shape index (κ2) is 8.85. The van der Waals surface area contributed by atoms with Crippen molar-refractivity contribution in [3.63, 3.8) is 0 Å². The number of aromatic hydroxyl groups is 1. The molecular weight excluding hydrogens is 244 g/mol. The predicted molar refractivity (Wildman–Crippen MR) is 73.3 cm³/mol. The van der Waals surface area contributed by atoms with E-state index >= 15 is 0 Å². The molecule has 0 spiro atoms. The van der Waals surface area contributed by atoms with Crippen LogP contribution in [0.5, 0.6) is 5.75 Å².